The molecule has 0 spiro atoms. The Morgan fingerprint density at radius 1 is 1.46 bits per heavy atom. The summed E-state index contributed by atoms with van der Waals surface area (Å²) in [6, 6.07) is 2.35. The molecule has 1 heterocycles. The van der Waals surface area contributed by atoms with Crippen molar-refractivity contribution in [1.82, 2.24) is 20.4 Å². The van der Waals surface area contributed by atoms with Crippen molar-refractivity contribution in [2.45, 2.75) is 38.8 Å². The van der Waals surface area contributed by atoms with Crippen LogP contribution in [0.3, 0.4) is 0 Å². The standard InChI is InChI=1S/C16H18F2N4OS/c1-9(23)21-20-8-13-7-19-16(24)22(13)12-2-3-14-10(5-12)4-11(17)6-15(14)18/h4,6-7,12,20H,2-3,5,8H2,1H3,(H,19,24)(H,21,23). The van der Waals surface area contributed by atoms with Gasteiger partial charge in [0, 0.05) is 25.2 Å². The molecule has 3 rings (SSSR count). The normalized spacial score (nSPS) is 16.7. The number of benzene rings is 1. The first-order valence-corrected chi connectivity index (χ1v) is 8.11. The van der Waals surface area contributed by atoms with Gasteiger partial charge >= 0.3 is 0 Å². The Labute approximate surface area is 143 Å². The highest BCUT2D eigenvalue weighted by Crippen LogP contribution is 2.32. The topological polar surface area (TPSA) is 61.9 Å². The molecule has 0 bridgehead atoms. The maximum Gasteiger partial charge on any atom is 0.230 e. The molecule has 2 aromatic rings. The van der Waals surface area contributed by atoms with E-state index in [1.54, 1.807) is 6.20 Å². The molecule has 0 aliphatic heterocycles. The fraction of sp³-hybridized carbons (Fsp3) is 0.375. The van der Waals surface area contributed by atoms with Gasteiger partial charge < -0.3 is 9.55 Å². The van der Waals surface area contributed by atoms with E-state index in [2.05, 4.69) is 15.8 Å². The van der Waals surface area contributed by atoms with E-state index in [4.69, 9.17) is 12.2 Å². The van der Waals surface area contributed by atoms with Crippen molar-refractivity contribution in [3.8, 4) is 0 Å². The summed E-state index contributed by atoms with van der Waals surface area (Å²) in [4.78, 5) is 13.9. The van der Waals surface area contributed by atoms with Crippen molar-refractivity contribution < 1.29 is 13.6 Å². The molecular weight excluding hydrogens is 334 g/mol. The van der Waals surface area contributed by atoms with Gasteiger partial charge in [-0.3, -0.25) is 10.2 Å². The maximum atomic E-state index is 13.9. The van der Waals surface area contributed by atoms with E-state index >= 15 is 0 Å². The average molecular weight is 352 g/mol. The minimum atomic E-state index is -0.558. The number of rotatable bonds is 4. The molecule has 3 N–H and O–H groups in total. The van der Waals surface area contributed by atoms with E-state index < -0.39 is 11.6 Å². The maximum absolute atomic E-state index is 13.9. The molecule has 1 unspecified atom stereocenters. The first kappa shape index (κ1) is 16.8. The van der Waals surface area contributed by atoms with E-state index in [1.165, 1.54) is 13.0 Å². The van der Waals surface area contributed by atoms with Gasteiger partial charge in [0.1, 0.15) is 11.6 Å². The Morgan fingerprint density at radius 2 is 2.25 bits per heavy atom. The molecule has 0 radical (unpaired) electrons. The summed E-state index contributed by atoms with van der Waals surface area (Å²) in [5.74, 6) is -1.22. The van der Waals surface area contributed by atoms with Crippen LogP contribution >= 0.6 is 12.2 Å². The van der Waals surface area contributed by atoms with Crippen molar-refractivity contribution in [3.63, 3.8) is 0 Å². The number of carbonyl (C=O) groups is 1. The van der Waals surface area contributed by atoms with Crippen molar-refractivity contribution in [2.75, 3.05) is 0 Å². The number of imidazole rings is 1. The van der Waals surface area contributed by atoms with Crippen LogP contribution in [0.4, 0.5) is 8.78 Å². The summed E-state index contributed by atoms with van der Waals surface area (Å²) < 4.78 is 29.9. The molecule has 1 aliphatic rings. The van der Waals surface area contributed by atoms with Crippen LogP contribution in [-0.2, 0) is 24.2 Å². The van der Waals surface area contributed by atoms with Gasteiger partial charge in [-0.2, -0.15) is 0 Å². The molecule has 24 heavy (non-hydrogen) atoms. The number of aromatic nitrogens is 2. The summed E-state index contributed by atoms with van der Waals surface area (Å²) in [6.45, 7) is 1.81. The molecule has 0 saturated heterocycles. The van der Waals surface area contributed by atoms with Gasteiger partial charge in [0.05, 0.1) is 12.2 Å². The Bertz CT molecular complexity index is 830. The third-order valence-corrected chi connectivity index (χ3v) is 4.54. The molecule has 1 aliphatic carbocycles. The number of H-pyrrole nitrogens is 1. The summed E-state index contributed by atoms with van der Waals surface area (Å²) in [5, 5.41) is 0. The van der Waals surface area contributed by atoms with Gasteiger partial charge in [0.15, 0.2) is 4.77 Å². The minimum absolute atomic E-state index is 0.0200. The van der Waals surface area contributed by atoms with Crippen molar-refractivity contribution in [2.24, 2.45) is 0 Å². The van der Waals surface area contributed by atoms with Crippen molar-refractivity contribution >= 4 is 18.1 Å². The van der Waals surface area contributed by atoms with Gasteiger partial charge in [0.2, 0.25) is 5.91 Å². The molecule has 1 atom stereocenters. The number of hydrogen-bond acceptors (Lipinski definition) is 3. The number of halogens is 2. The largest absolute Gasteiger partial charge is 0.337 e. The van der Waals surface area contributed by atoms with Gasteiger partial charge in [-0.1, -0.05) is 0 Å². The van der Waals surface area contributed by atoms with Gasteiger partial charge in [-0.25, -0.2) is 14.2 Å². The Hall–Kier alpha value is -2.06. The number of aromatic amines is 1. The molecule has 8 heteroatoms. The van der Waals surface area contributed by atoms with Crippen LogP contribution in [0.25, 0.3) is 0 Å². The number of nitrogens with zero attached hydrogens (tertiary/aromatic N) is 1. The van der Waals surface area contributed by atoms with E-state index in [1.807, 2.05) is 4.57 Å². The monoisotopic (exact) mass is 352 g/mol. The molecular formula is C16H18F2N4OS. The predicted molar refractivity (Wildman–Crippen MR) is 87.7 cm³/mol. The van der Waals surface area contributed by atoms with Gasteiger partial charge in [0.25, 0.3) is 0 Å². The number of hydrazine groups is 1. The third-order valence-electron chi connectivity index (χ3n) is 4.23. The first-order valence-electron chi connectivity index (χ1n) is 7.70. The summed E-state index contributed by atoms with van der Waals surface area (Å²) in [5.41, 5.74) is 7.49. The molecule has 5 nitrogen and oxygen atoms in total. The zero-order valence-electron chi connectivity index (χ0n) is 13.2. The second kappa shape index (κ2) is 6.82. The lowest BCUT2D eigenvalue weighted by molar-refractivity contribution is -0.119. The number of carbonyl (C=O) groups excluding carboxylic acids is 1. The predicted octanol–water partition coefficient (Wildman–Crippen LogP) is 2.69. The second-order valence-corrected chi connectivity index (χ2v) is 6.30. The smallest absolute Gasteiger partial charge is 0.230 e. The van der Waals surface area contributed by atoms with Crippen molar-refractivity contribution in [3.05, 3.63) is 51.6 Å². The highest BCUT2D eigenvalue weighted by Gasteiger charge is 2.25. The van der Waals surface area contributed by atoms with Crippen LogP contribution in [0.2, 0.25) is 0 Å². The molecule has 1 aromatic heterocycles. The Balaban J connectivity index is 1.84. The first-order chi connectivity index (χ1) is 11.5. The molecule has 0 saturated carbocycles. The van der Waals surface area contributed by atoms with Crippen LogP contribution < -0.4 is 10.9 Å². The second-order valence-electron chi connectivity index (χ2n) is 5.91. The van der Waals surface area contributed by atoms with Crippen LogP contribution in [0.15, 0.2) is 18.3 Å². The Kier molecular flexibility index (Phi) is 4.77. The third kappa shape index (κ3) is 3.39. The van der Waals surface area contributed by atoms with Crippen LogP contribution in [0.5, 0.6) is 0 Å². The molecule has 1 aromatic carbocycles. The lowest BCUT2D eigenvalue weighted by Crippen LogP contribution is -2.36. The molecule has 128 valence electrons. The van der Waals surface area contributed by atoms with Gasteiger partial charge in [-0.15, -0.1) is 0 Å². The fourth-order valence-corrected chi connectivity index (χ4v) is 3.54. The number of hydrogen-bond donors (Lipinski definition) is 3. The lowest BCUT2D eigenvalue weighted by atomic mass is 9.87. The minimum Gasteiger partial charge on any atom is -0.337 e. The number of amides is 1. The number of fused-ring (bicyclic) bond motifs is 1. The van der Waals surface area contributed by atoms with Crippen LogP contribution in [0, 0.1) is 16.4 Å². The van der Waals surface area contributed by atoms with E-state index in [9.17, 15) is 13.6 Å². The number of nitrogens with one attached hydrogen (secondary N) is 3. The highest BCUT2D eigenvalue weighted by molar-refractivity contribution is 7.71. The van der Waals surface area contributed by atoms with E-state index in [0.29, 0.717) is 35.3 Å². The summed E-state index contributed by atoms with van der Waals surface area (Å²) in [6.07, 6.45) is 3.55. The van der Waals surface area contributed by atoms with Crippen LogP contribution in [0.1, 0.15) is 36.2 Å². The molecule has 0 fully saturated rings. The quantitative estimate of drug-likeness (QED) is 0.586. The van der Waals surface area contributed by atoms with Crippen molar-refractivity contribution in [1.29, 1.82) is 0 Å². The van der Waals surface area contributed by atoms with E-state index in [0.717, 1.165) is 18.2 Å². The summed E-state index contributed by atoms with van der Waals surface area (Å²) in [7, 11) is 0. The lowest BCUT2D eigenvalue weighted by Gasteiger charge is -2.27. The van der Waals surface area contributed by atoms with E-state index in [-0.39, 0.29) is 11.9 Å². The van der Waals surface area contributed by atoms with Crippen LogP contribution in [-0.4, -0.2) is 15.5 Å². The zero-order chi connectivity index (χ0) is 17.3. The summed E-state index contributed by atoms with van der Waals surface area (Å²) >= 11 is 5.35. The molecule has 1 amide bonds. The Morgan fingerprint density at radius 3 is 3.00 bits per heavy atom. The van der Waals surface area contributed by atoms with Gasteiger partial charge in [-0.05, 0) is 48.7 Å². The fourth-order valence-electron chi connectivity index (χ4n) is 3.22. The SMILES string of the molecule is CC(=O)NNCc1c[nH]c(=S)n1C1CCc2c(F)cc(F)cc2C1. The average Bonchev–Trinajstić information content (AvgIpc) is 2.87. The highest BCUT2D eigenvalue weighted by atomic mass is 32.1. The zero-order valence-corrected chi connectivity index (χ0v) is 14.0.